The molecule has 3 aromatic rings. The van der Waals surface area contributed by atoms with Gasteiger partial charge in [0.05, 0.1) is 5.69 Å². The summed E-state index contributed by atoms with van der Waals surface area (Å²) in [5.74, 6) is -0.0806. The first-order chi connectivity index (χ1) is 11.0. The molecule has 3 rings (SSSR count). The smallest absolute Gasteiger partial charge is 0.252 e. The largest absolute Gasteiger partial charge is 0.272 e. The molecule has 3 heterocycles. The summed E-state index contributed by atoms with van der Waals surface area (Å²) >= 11 is 0. The van der Waals surface area contributed by atoms with Gasteiger partial charge in [0.2, 0.25) is 0 Å². The van der Waals surface area contributed by atoms with Gasteiger partial charge in [-0.25, -0.2) is 14.6 Å². The lowest BCUT2D eigenvalue weighted by atomic mass is 9.96. The third-order valence-corrected chi connectivity index (χ3v) is 3.36. The Bertz CT molecular complexity index is 762. The first-order valence-corrected chi connectivity index (χ1v) is 7.28. The van der Waals surface area contributed by atoms with Gasteiger partial charge in [0, 0.05) is 41.3 Å². The number of aromatic nitrogens is 5. The van der Waals surface area contributed by atoms with Crippen LogP contribution in [0.3, 0.4) is 0 Å². The van der Waals surface area contributed by atoms with Crippen molar-refractivity contribution in [3.8, 4) is 22.5 Å². The van der Waals surface area contributed by atoms with Crippen LogP contribution in [-0.2, 0) is 0 Å². The number of carbonyl (C=O) groups excluding carboxylic acids is 1. The fourth-order valence-electron chi connectivity index (χ4n) is 2.18. The monoisotopic (exact) mass is 307 g/mol. The van der Waals surface area contributed by atoms with Crippen molar-refractivity contribution in [2.24, 2.45) is 5.41 Å². The van der Waals surface area contributed by atoms with Crippen LogP contribution in [0.2, 0.25) is 0 Å². The Balaban J connectivity index is 2.18. The topological polar surface area (TPSA) is 73.6 Å². The average molecular weight is 307 g/mol. The lowest BCUT2D eigenvalue weighted by Gasteiger charge is -2.15. The van der Waals surface area contributed by atoms with E-state index in [9.17, 15) is 4.79 Å². The first kappa shape index (κ1) is 15.0. The Hall–Kier alpha value is -2.89. The highest BCUT2D eigenvalue weighted by molar-refractivity contribution is 5.87. The molecule has 0 aliphatic heterocycles. The van der Waals surface area contributed by atoms with Crippen LogP contribution in [0.15, 0.2) is 49.3 Å². The molecule has 0 aliphatic carbocycles. The summed E-state index contributed by atoms with van der Waals surface area (Å²) in [4.78, 5) is 24.9. The molecule has 0 atom stereocenters. The lowest BCUT2D eigenvalue weighted by molar-refractivity contribution is 0.0749. The van der Waals surface area contributed by atoms with Gasteiger partial charge in [-0.05, 0) is 18.2 Å². The lowest BCUT2D eigenvalue weighted by Crippen LogP contribution is -2.27. The summed E-state index contributed by atoms with van der Waals surface area (Å²) in [5.41, 5.74) is 2.47. The maximum atomic E-state index is 12.5. The second kappa shape index (κ2) is 5.72. The molecule has 0 N–H and O–H groups in total. The minimum absolute atomic E-state index is 0.0806. The second-order valence-electron chi connectivity index (χ2n) is 6.23. The van der Waals surface area contributed by atoms with Crippen LogP contribution < -0.4 is 0 Å². The van der Waals surface area contributed by atoms with Crippen molar-refractivity contribution in [2.75, 3.05) is 0 Å². The van der Waals surface area contributed by atoms with Crippen molar-refractivity contribution in [2.45, 2.75) is 20.8 Å². The van der Waals surface area contributed by atoms with Crippen LogP contribution >= 0.6 is 0 Å². The maximum absolute atomic E-state index is 12.5. The molecule has 6 nitrogen and oxygen atoms in total. The summed E-state index contributed by atoms with van der Waals surface area (Å²) in [6, 6.07) is 5.54. The highest BCUT2D eigenvalue weighted by atomic mass is 16.2. The zero-order chi connectivity index (χ0) is 16.4. The van der Waals surface area contributed by atoms with Crippen molar-refractivity contribution in [1.29, 1.82) is 0 Å². The molecule has 6 heteroatoms. The minimum Gasteiger partial charge on any atom is -0.272 e. The average Bonchev–Trinajstić information content (AvgIpc) is 3.00. The summed E-state index contributed by atoms with van der Waals surface area (Å²) in [5, 5.41) is 4.49. The van der Waals surface area contributed by atoms with Crippen molar-refractivity contribution < 1.29 is 4.79 Å². The van der Waals surface area contributed by atoms with Crippen LogP contribution in [0.4, 0.5) is 0 Å². The predicted molar refractivity (Wildman–Crippen MR) is 86.6 cm³/mol. The van der Waals surface area contributed by atoms with Crippen LogP contribution in [0.1, 0.15) is 25.6 Å². The van der Waals surface area contributed by atoms with Gasteiger partial charge in [0.15, 0.2) is 0 Å². The minimum atomic E-state index is -0.527. The molecule has 0 spiro atoms. The maximum Gasteiger partial charge on any atom is 0.252 e. The van der Waals surface area contributed by atoms with E-state index >= 15 is 0 Å². The van der Waals surface area contributed by atoms with Gasteiger partial charge in [0.25, 0.3) is 5.91 Å². The summed E-state index contributed by atoms with van der Waals surface area (Å²) in [7, 11) is 0. The van der Waals surface area contributed by atoms with E-state index in [0.29, 0.717) is 11.4 Å². The molecule has 23 heavy (non-hydrogen) atoms. The third-order valence-electron chi connectivity index (χ3n) is 3.36. The Kier molecular flexibility index (Phi) is 3.73. The Morgan fingerprint density at radius 3 is 2.57 bits per heavy atom. The molecule has 0 saturated carbocycles. The fraction of sp³-hybridized carbons (Fsp3) is 0.235. The van der Waals surface area contributed by atoms with E-state index in [1.165, 1.54) is 11.0 Å². The van der Waals surface area contributed by atoms with Crippen molar-refractivity contribution in [1.82, 2.24) is 24.7 Å². The summed E-state index contributed by atoms with van der Waals surface area (Å²) < 4.78 is 1.39. The highest BCUT2D eigenvalue weighted by Crippen LogP contribution is 2.30. The van der Waals surface area contributed by atoms with Gasteiger partial charge >= 0.3 is 0 Å². The van der Waals surface area contributed by atoms with Gasteiger partial charge in [-0.1, -0.05) is 20.8 Å². The number of hydrogen-bond donors (Lipinski definition) is 0. The SMILES string of the molecule is CC(C)(C)C(=O)n1cc(-c2ccncn2)c(-c2cccnc2)n1. The molecule has 3 aromatic heterocycles. The quantitative estimate of drug-likeness (QED) is 0.727. The van der Waals surface area contributed by atoms with E-state index in [0.717, 1.165) is 11.1 Å². The molecule has 0 aliphatic rings. The highest BCUT2D eigenvalue weighted by Gasteiger charge is 2.26. The van der Waals surface area contributed by atoms with E-state index in [1.54, 1.807) is 30.9 Å². The predicted octanol–water partition coefficient (Wildman–Crippen LogP) is 3.09. The zero-order valence-electron chi connectivity index (χ0n) is 13.3. The normalized spacial score (nSPS) is 11.4. The van der Waals surface area contributed by atoms with Gasteiger partial charge in [-0.2, -0.15) is 5.10 Å². The number of nitrogens with zero attached hydrogens (tertiary/aromatic N) is 5. The molecular formula is C17H17N5O. The van der Waals surface area contributed by atoms with Gasteiger partial charge in [-0.15, -0.1) is 0 Å². The van der Waals surface area contributed by atoms with E-state index in [4.69, 9.17) is 0 Å². The first-order valence-electron chi connectivity index (χ1n) is 7.28. The standard InChI is InChI=1S/C17H17N5O/c1-17(2,3)16(23)22-10-13(14-6-8-19-11-20-14)15(21-22)12-5-4-7-18-9-12/h4-11H,1-3H3. The molecule has 0 amide bonds. The van der Waals surface area contributed by atoms with Crippen molar-refractivity contribution >= 4 is 5.91 Å². The van der Waals surface area contributed by atoms with Gasteiger partial charge in [0.1, 0.15) is 12.0 Å². The molecule has 0 fully saturated rings. The molecular weight excluding hydrogens is 290 g/mol. The number of carbonyl (C=O) groups is 1. The fourth-order valence-corrected chi connectivity index (χ4v) is 2.18. The van der Waals surface area contributed by atoms with E-state index in [1.807, 2.05) is 32.9 Å². The number of rotatable bonds is 2. The number of pyridine rings is 1. The third kappa shape index (κ3) is 3.01. The van der Waals surface area contributed by atoms with Crippen LogP contribution in [-0.4, -0.2) is 30.6 Å². The van der Waals surface area contributed by atoms with Crippen LogP contribution in [0.25, 0.3) is 22.5 Å². The van der Waals surface area contributed by atoms with Crippen LogP contribution in [0, 0.1) is 5.41 Å². The van der Waals surface area contributed by atoms with E-state index < -0.39 is 5.41 Å². The molecule has 0 bridgehead atoms. The summed E-state index contributed by atoms with van der Waals surface area (Å²) in [6.45, 7) is 5.60. The Morgan fingerprint density at radius 1 is 1.13 bits per heavy atom. The Morgan fingerprint density at radius 2 is 1.96 bits per heavy atom. The van der Waals surface area contributed by atoms with Crippen molar-refractivity contribution in [3.05, 3.63) is 49.3 Å². The molecule has 0 saturated heterocycles. The number of hydrogen-bond acceptors (Lipinski definition) is 5. The molecule has 116 valence electrons. The molecule has 0 aromatic carbocycles. The van der Waals surface area contributed by atoms with E-state index in [-0.39, 0.29) is 5.91 Å². The van der Waals surface area contributed by atoms with Crippen molar-refractivity contribution in [3.63, 3.8) is 0 Å². The van der Waals surface area contributed by atoms with E-state index in [2.05, 4.69) is 20.1 Å². The van der Waals surface area contributed by atoms with Gasteiger partial charge in [-0.3, -0.25) is 9.78 Å². The zero-order valence-corrected chi connectivity index (χ0v) is 13.3. The van der Waals surface area contributed by atoms with Crippen LogP contribution in [0.5, 0.6) is 0 Å². The summed E-state index contributed by atoms with van der Waals surface area (Å²) in [6.07, 6.45) is 8.28. The second-order valence-corrected chi connectivity index (χ2v) is 6.23. The molecule has 0 unspecified atom stereocenters. The Labute approximate surface area is 134 Å². The molecule has 0 radical (unpaired) electrons. The van der Waals surface area contributed by atoms with Gasteiger partial charge < -0.3 is 0 Å².